The predicted molar refractivity (Wildman–Crippen MR) is 41.6 cm³/mol. The molecule has 2 heteroatoms. The Morgan fingerprint density at radius 3 is 3.00 bits per heavy atom. The summed E-state index contributed by atoms with van der Waals surface area (Å²) in [6.07, 6.45) is 3.42. The molecule has 0 heterocycles. The lowest BCUT2D eigenvalue weighted by Gasteiger charge is -1.97. The highest BCUT2D eigenvalue weighted by molar-refractivity contribution is 5.87. The van der Waals surface area contributed by atoms with E-state index in [-0.39, 0.29) is 5.91 Å². The number of hydrogen-bond acceptors (Lipinski definition) is 1. The molecule has 0 fully saturated rings. The molecule has 56 valence electrons. The monoisotopic (exact) mass is 139 g/mol. The standard InChI is InChI=1S/C8H13NO/c1-3-5-7-9-8(10)6-4-2/h6H,2-3,5,7H2,1H3,(H,9,10). The molecule has 0 aliphatic heterocycles. The second-order valence-electron chi connectivity index (χ2n) is 1.99. The van der Waals surface area contributed by atoms with Crippen LogP contribution in [0, 0.1) is 0 Å². The minimum atomic E-state index is -0.108. The summed E-state index contributed by atoms with van der Waals surface area (Å²) in [6, 6.07) is 0. The molecular weight excluding hydrogens is 126 g/mol. The van der Waals surface area contributed by atoms with Gasteiger partial charge in [-0.05, 0) is 6.42 Å². The van der Waals surface area contributed by atoms with Crippen molar-refractivity contribution in [3.63, 3.8) is 0 Å². The van der Waals surface area contributed by atoms with Crippen molar-refractivity contribution in [2.45, 2.75) is 19.8 Å². The topological polar surface area (TPSA) is 29.1 Å². The van der Waals surface area contributed by atoms with Crippen molar-refractivity contribution in [2.24, 2.45) is 0 Å². The highest BCUT2D eigenvalue weighted by Crippen LogP contribution is 1.81. The molecule has 2 nitrogen and oxygen atoms in total. The number of carbonyl (C=O) groups excluding carboxylic acids is 1. The second-order valence-corrected chi connectivity index (χ2v) is 1.99. The Morgan fingerprint density at radius 1 is 1.80 bits per heavy atom. The van der Waals surface area contributed by atoms with Crippen LogP contribution in [0.25, 0.3) is 0 Å². The van der Waals surface area contributed by atoms with Gasteiger partial charge in [-0.15, -0.1) is 5.73 Å². The maximum Gasteiger partial charge on any atom is 0.251 e. The Balaban J connectivity index is 3.31. The van der Waals surface area contributed by atoms with Crippen molar-refractivity contribution < 1.29 is 4.79 Å². The molecule has 0 aliphatic rings. The van der Waals surface area contributed by atoms with Gasteiger partial charge in [-0.3, -0.25) is 4.79 Å². The first-order chi connectivity index (χ1) is 4.81. The third-order valence-corrected chi connectivity index (χ3v) is 1.06. The average Bonchev–Trinajstić information content (AvgIpc) is 1.89. The van der Waals surface area contributed by atoms with E-state index in [9.17, 15) is 4.79 Å². The minimum absolute atomic E-state index is 0.108. The Hall–Kier alpha value is -1.01. The molecule has 0 saturated carbocycles. The lowest BCUT2D eigenvalue weighted by molar-refractivity contribution is -0.116. The van der Waals surface area contributed by atoms with E-state index in [0.29, 0.717) is 0 Å². The van der Waals surface area contributed by atoms with Gasteiger partial charge in [0, 0.05) is 12.6 Å². The SMILES string of the molecule is C=C=CC(=O)NCCCC. The summed E-state index contributed by atoms with van der Waals surface area (Å²) in [4.78, 5) is 10.6. The van der Waals surface area contributed by atoms with Crippen molar-refractivity contribution in [3.05, 3.63) is 18.4 Å². The van der Waals surface area contributed by atoms with Gasteiger partial charge in [-0.2, -0.15) is 0 Å². The second kappa shape index (κ2) is 6.12. The van der Waals surface area contributed by atoms with Crippen LogP contribution in [0.1, 0.15) is 19.8 Å². The fourth-order valence-corrected chi connectivity index (χ4v) is 0.532. The maximum atomic E-state index is 10.6. The molecule has 10 heavy (non-hydrogen) atoms. The summed E-state index contributed by atoms with van der Waals surface area (Å²) >= 11 is 0. The van der Waals surface area contributed by atoms with Gasteiger partial charge in [-0.25, -0.2) is 0 Å². The van der Waals surface area contributed by atoms with Gasteiger partial charge in [0.25, 0.3) is 5.91 Å². The van der Waals surface area contributed by atoms with Crippen LogP contribution in [0.5, 0.6) is 0 Å². The van der Waals surface area contributed by atoms with Crippen LogP contribution in [0.15, 0.2) is 18.4 Å². The lowest BCUT2D eigenvalue weighted by atomic mass is 10.3. The van der Waals surface area contributed by atoms with Crippen molar-refractivity contribution in [1.82, 2.24) is 5.32 Å². The molecule has 1 N–H and O–H groups in total. The Morgan fingerprint density at radius 2 is 2.50 bits per heavy atom. The number of hydrogen-bond donors (Lipinski definition) is 1. The molecule has 0 unspecified atom stereocenters. The third kappa shape index (κ3) is 5.13. The first-order valence-corrected chi connectivity index (χ1v) is 3.45. The van der Waals surface area contributed by atoms with Gasteiger partial charge in [0.1, 0.15) is 0 Å². The van der Waals surface area contributed by atoms with Crippen LogP contribution in [0.4, 0.5) is 0 Å². The lowest BCUT2D eigenvalue weighted by Crippen LogP contribution is -2.21. The van der Waals surface area contributed by atoms with Crippen molar-refractivity contribution >= 4 is 5.91 Å². The van der Waals surface area contributed by atoms with Gasteiger partial charge >= 0.3 is 0 Å². The zero-order valence-electron chi connectivity index (χ0n) is 6.31. The summed E-state index contributed by atoms with van der Waals surface area (Å²) in [5, 5.41) is 2.69. The first kappa shape index (κ1) is 8.99. The molecule has 0 aliphatic carbocycles. The number of nitrogens with one attached hydrogen (secondary N) is 1. The summed E-state index contributed by atoms with van der Waals surface area (Å²) in [7, 11) is 0. The van der Waals surface area contributed by atoms with Crippen LogP contribution in [-0.2, 0) is 4.79 Å². The van der Waals surface area contributed by atoms with Crippen LogP contribution < -0.4 is 5.32 Å². The Kier molecular flexibility index (Phi) is 5.50. The van der Waals surface area contributed by atoms with Gasteiger partial charge in [0.2, 0.25) is 0 Å². The van der Waals surface area contributed by atoms with E-state index >= 15 is 0 Å². The molecule has 0 saturated heterocycles. The van der Waals surface area contributed by atoms with Crippen LogP contribution in [0.2, 0.25) is 0 Å². The quantitative estimate of drug-likeness (QED) is 0.354. The molecule has 0 atom stereocenters. The molecule has 0 spiro atoms. The van der Waals surface area contributed by atoms with E-state index in [2.05, 4.69) is 24.6 Å². The van der Waals surface area contributed by atoms with Crippen LogP contribution in [-0.4, -0.2) is 12.5 Å². The normalized spacial score (nSPS) is 8.10. The Bertz CT molecular complexity index is 145. The summed E-state index contributed by atoms with van der Waals surface area (Å²) in [5.41, 5.74) is 2.41. The predicted octanol–water partition coefficient (Wildman–Crippen LogP) is 1.24. The van der Waals surface area contributed by atoms with E-state index in [0.717, 1.165) is 19.4 Å². The van der Waals surface area contributed by atoms with Gasteiger partial charge in [0.05, 0.1) is 0 Å². The van der Waals surface area contributed by atoms with Crippen molar-refractivity contribution in [3.8, 4) is 0 Å². The zero-order chi connectivity index (χ0) is 7.82. The molecule has 0 radical (unpaired) electrons. The van der Waals surface area contributed by atoms with Crippen molar-refractivity contribution in [1.29, 1.82) is 0 Å². The number of amides is 1. The van der Waals surface area contributed by atoms with Crippen molar-refractivity contribution in [2.75, 3.05) is 6.54 Å². The summed E-state index contributed by atoms with van der Waals surface area (Å²) in [6.45, 7) is 6.11. The van der Waals surface area contributed by atoms with E-state index in [1.165, 1.54) is 6.08 Å². The molecule has 0 bridgehead atoms. The largest absolute Gasteiger partial charge is 0.352 e. The molecule has 0 aromatic heterocycles. The zero-order valence-corrected chi connectivity index (χ0v) is 6.31. The van der Waals surface area contributed by atoms with Gasteiger partial charge in [-0.1, -0.05) is 19.9 Å². The molecule has 1 amide bonds. The molecule has 0 rings (SSSR count). The van der Waals surface area contributed by atoms with E-state index in [4.69, 9.17) is 0 Å². The van der Waals surface area contributed by atoms with Gasteiger partial charge < -0.3 is 5.32 Å². The molecule has 0 aromatic rings. The van der Waals surface area contributed by atoms with Gasteiger partial charge in [0.15, 0.2) is 0 Å². The Labute approximate surface area is 61.6 Å². The highest BCUT2D eigenvalue weighted by Gasteiger charge is 1.90. The van der Waals surface area contributed by atoms with E-state index < -0.39 is 0 Å². The number of carbonyl (C=O) groups is 1. The third-order valence-electron chi connectivity index (χ3n) is 1.06. The summed E-state index contributed by atoms with van der Waals surface area (Å²) < 4.78 is 0. The molecule has 0 aromatic carbocycles. The van der Waals surface area contributed by atoms with Crippen LogP contribution in [0.3, 0.4) is 0 Å². The highest BCUT2D eigenvalue weighted by atomic mass is 16.1. The first-order valence-electron chi connectivity index (χ1n) is 3.45. The fourth-order valence-electron chi connectivity index (χ4n) is 0.532. The minimum Gasteiger partial charge on any atom is -0.352 e. The van der Waals surface area contributed by atoms with E-state index in [1.807, 2.05) is 0 Å². The van der Waals surface area contributed by atoms with Crippen LogP contribution >= 0.6 is 0 Å². The number of unbranched alkanes of at least 4 members (excludes halogenated alkanes) is 1. The smallest absolute Gasteiger partial charge is 0.251 e. The average molecular weight is 139 g/mol. The maximum absolute atomic E-state index is 10.6. The summed E-state index contributed by atoms with van der Waals surface area (Å²) in [5.74, 6) is -0.108. The molecular formula is C8H13NO. The number of rotatable bonds is 4. The fraction of sp³-hybridized carbons (Fsp3) is 0.500. The van der Waals surface area contributed by atoms with E-state index in [1.54, 1.807) is 0 Å².